The van der Waals surface area contributed by atoms with Crippen LogP contribution in [0.5, 0.6) is 0 Å². The molecule has 1 heterocycles. The number of benzene rings is 1. The summed E-state index contributed by atoms with van der Waals surface area (Å²) in [5.41, 5.74) is 5.62. The van der Waals surface area contributed by atoms with Crippen molar-refractivity contribution in [1.29, 1.82) is 0 Å². The topological polar surface area (TPSA) is 64.4 Å². The van der Waals surface area contributed by atoms with Crippen molar-refractivity contribution in [2.75, 3.05) is 13.2 Å². The summed E-state index contributed by atoms with van der Waals surface area (Å²) in [4.78, 5) is 12.3. The van der Waals surface area contributed by atoms with Gasteiger partial charge in [-0.15, -0.1) is 12.4 Å². The summed E-state index contributed by atoms with van der Waals surface area (Å²) in [5.74, 6) is -0.508. The molecule has 140 valence electrons. The molecule has 2 fully saturated rings. The van der Waals surface area contributed by atoms with Gasteiger partial charge in [-0.3, -0.25) is 4.79 Å². The summed E-state index contributed by atoms with van der Waals surface area (Å²) in [6.45, 7) is 1.19. The summed E-state index contributed by atoms with van der Waals surface area (Å²) >= 11 is 0. The van der Waals surface area contributed by atoms with Crippen LogP contribution in [0.4, 0.5) is 13.2 Å². The molecule has 3 atom stereocenters. The number of carbonyl (C=O) groups is 1. The molecular formula is C17H22ClF3N2O2. The lowest BCUT2D eigenvalue weighted by atomic mass is 9.92. The Morgan fingerprint density at radius 2 is 1.88 bits per heavy atom. The number of hydrogen-bond donors (Lipinski definition) is 2. The molecule has 0 aromatic heterocycles. The van der Waals surface area contributed by atoms with Crippen LogP contribution in [0.25, 0.3) is 0 Å². The van der Waals surface area contributed by atoms with Gasteiger partial charge in [0.05, 0.1) is 11.6 Å². The third-order valence-electron chi connectivity index (χ3n) is 4.86. The fourth-order valence-electron chi connectivity index (χ4n) is 3.34. The van der Waals surface area contributed by atoms with E-state index in [1.54, 1.807) is 6.07 Å². The van der Waals surface area contributed by atoms with Gasteiger partial charge in [-0.2, -0.15) is 13.2 Å². The number of alkyl halides is 3. The summed E-state index contributed by atoms with van der Waals surface area (Å²) in [5, 5.41) is 2.81. The molecule has 1 saturated heterocycles. The monoisotopic (exact) mass is 378 g/mol. The van der Waals surface area contributed by atoms with Crippen LogP contribution in [0.2, 0.25) is 0 Å². The highest BCUT2D eigenvalue weighted by Crippen LogP contribution is 2.46. The fraction of sp³-hybridized carbons (Fsp3) is 0.588. The highest BCUT2D eigenvalue weighted by atomic mass is 35.5. The number of nitrogens with one attached hydrogen (secondary N) is 1. The third-order valence-corrected chi connectivity index (χ3v) is 4.86. The quantitative estimate of drug-likeness (QED) is 0.846. The molecule has 4 nitrogen and oxygen atoms in total. The highest BCUT2D eigenvalue weighted by molar-refractivity contribution is 5.85. The Morgan fingerprint density at radius 3 is 2.52 bits per heavy atom. The smallest absolute Gasteiger partial charge is 0.381 e. The fourth-order valence-corrected chi connectivity index (χ4v) is 3.34. The second-order valence-electron chi connectivity index (χ2n) is 6.52. The van der Waals surface area contributed by atoms with E-state index in [2.05, 4.69) is 5.32 Å². The predicted molar refractivity (Wildman–Crippen MR) is 89.5 cm³/mol. The van der Waals surface area contributed by atoms with Crippen molar-refractivity contribution in [2.24, 2.45) is 11.7 Å². The maximum Gasteiger partial charge on any atom is 0.416 e. The first-order valence-corrected chi connectivity index (χ1v) is 8.17. The van der Waals surface area contributed by atoms with E-state index in [0.29, 0.717) is 19.6 Å². The van der Waals surface area contributed by atoms with Crippen molar-refractivity contribution in [2.45, 2.75) is 43.4 Å². The molecule has 1 amide bonds. The number of rotatable bonds is 4. The second-order valence-corrected chi connectivity index (χ2v) is 6.52. The number of hydrogen-bond acceptors (Lipinski definition) is 3. The average molecular weight is 379 g/mol. The molecule has 25 heavy (non-hydrogen) atoms. The predicted octanol–water partition coefficient (Wildman–Crippen LogP) is 2.85. The van der Waals surface area contributed by atoms with Crippen LogP contribution < -0.4 is 11.1 Å². The lowest BCUT2D eigenvalue weighted by molar-refractivity contribution is -0.138. The van der Waals surface area contributed by atoms with Gasteiger partial charge < -0.3 is 15.8 Å². The van der Waals surface area contributed by atoms with E-state index in [9.17, 15) is 18.0 Å². The van der Waals surface area contributed by atoms with Crippen molar-refractivity contribution in [3.05, 3.63) is 35.4 Å². The van der Waals surface area contributed by atoms with Gasteiger partial charge in [-0.1, -0.05) is 18.2 Å². The van der Waals surface area contributed by atoms with Crippen molar-refractivity contribution in [1.82, 2.24) is 5.32 Å². The minimum atomic E-state index is -4.38. The van der Waals surface area contributed by atoms with E-state index in [4.69, 9.17) is 10.5 Å². The SMILES string of the molecule is Cl.NC(C(=O)NC1CC1c1ccccc1C(F)(F)F)C1CCOCC1. The van der Waals surface area contributed by atoms with Crippen LogP contribution in [-0.2, 0) is 15.7 Å². The van der Waals surface area contributed by atoms with Gasteiger partial charge in [-0.05, 0) is 36.8 Å². The van der Waals surface area contributed by atoms with Crippen LogP contribution in [0, 0.1) is 5.92 Å². The summed E-state index contributed by atoms with van der Waals surface area (Å²) in [6, 6.07) is 4.64. The van der Waals surface area contributed by atoms with Crippen molar-refractivity contribution < 1.29 is 22.7 Å². The zero-order chi connectivity index (χ0) is 17.3. The molecule has 2 aliphatic rings. The molecule has 0 radical (unpaired) electrons. The van der Waals surface area contributed by atoms with Gasteiger partial charge in [0.2, 0.25) is 5.91 Å². The van der Waals surface area contributed by atoms with Crippen LogP contribution in [0.3, 0.4) is 0 Å². The molecule has 1 aliphatic heterocycles. The van der Waals surface area contributed by atoms with E-state index in [0.717, 1.165) is 18.9 Å². The summed E-state index contributed by atoms with van der Waals surface area (Å²) in [6.07, 6.45) is -2.40. The molecule has 0 spiro atoms. The van der Waals surface area contributed by atoms with Crippen molar-refractivity contribution in [3.8, 4) is 0 Å². The van der Waals surface area contributed by atoms with Crippen molar-refractivity contribution >= 4 is 18.3 Å². The molecule has 3 unspecified atom stereocenters. The Hall–Kier alpha value is -1.31. The zero-order valence-electron chi connectivity index (χ0n) is 13.6. The first kappa shape index (κ1) is 20.0. The zero-order valence-corrected chi connectivity index (χ0v) is 14.4. The standard InChI is InChI=1S/C17H21F3N2O2.ClH/c18-17(19,20)13-4-2-1-3-11(13)12-9-14(12)22-16(23)15(21)10-5-7-24-8-6-10;/h1-4,10,12,14-15H,5-9,21H2,(H,22,23);1H. The molecule has 0 bridgehead atoms. The summed E-state index contributed by atoms with van der Waals surface area (Å²) in [7, 11) is 0. The van der Waals surface area contributed by atoms with Gasteiger partial charge in [0.25, 0.3) is 0 Å². The van der Waals surface area contributed by atoms with Crippen LogP contribution >= 0.6 is 12.4 Å². The molecular weight excluding hydrogens is 357 g/mol. The lowest BCUT2D eigenvalue weighted by Gasteiger charge is -2.26. The molecule has 3 rings (SSSR count). The van der Waals surface area contributed by atoms with E-state index >= 15 is 0 Å². The van der Waals surface area contributed by atoms with E-state index in [1.165, 1.54) is 12.1 Å². The average Bonchev–Trinajstić information content (AvgIpc) is 3.33. The number of nitrogens with two attached hydrogens (primary N) is 1. The minimum absolute atomic E-state index is 0. The van der Waals surface area contributed by atoms with Crippen LogP contribution in [0.1, 0.15) is 36.3 Å². The molecule has 1 aromatic carbocycles. The minimum Gasteiger partial charge on any atom is -0.381 e. The second kappa shape index (κ2) is 7.93. The highest BCUT2D eigenvalue weighted by Gasteiger charge is 2.45. The molecule has 1 saturated carbocycles. The third kappa shape index (κ3) is 4.65. The maximum atomic E-state index is 13.1. The Balaban J connectivity index is 0.00000225. The first-order chi connectivity index (χ1) is 11.4. The summed E-state index contributed by atoms with van der Waals surface area (Å²) < 4.78 is 44.5. The Morgan fingerprint density at radius 1 is 1.24 bits per heavy atom. The number of halogens is 4. The van der Waals surface area contributed by atoms with E-state index in [1.807, 2.05) is 0 Å². The molecule has 1 aliphatic carbocycles. The van der Waals surface area contributed by atoms with Gasteiger partial charge in [0, 0.05) is 25.2 Å². The van der Waals surface area contributed by atoms with Crippen molar-refractivity contribution in [3.63, 3.8) is 0 Å². The Labute approximate surface area is 150 Å². The normalized spacial score (nSPS) is 25.0. The molecule has 1 aromatic rings. The first-order valence-electron chi connectivity index (χ1n) is 8.17. The van der Waals surface area contributed by atoms with Crippen LogP contribution in [0.15, 0.2) is 24.3 Å². The van der Waals surface area contributed by atoms with Gasteiger partial charge in [-0.25, -0.2) is 0 Å². The van der Waals surface area contributed by atoms with Gasteiger partial charge >= 0.3 is 6.18 Å². The molecule has 8 heteroatoms. The largest absolute Gasteiger partial charge is 0.416 e. The van der Waals surface area contributed by atoms with Gasteiger partial charge in [0.15, 0.2) is 0 Å². The van der Waals surface area contributed by atoms with E-state index < -0.39 is 17.8 Å². The number of carbonyl (C=O) groups excluding carboxylic acids is 1. The van der Waals surface area contributed by atoms with E-state index in [-0.39, 0.29) is 41.8 Å². The Bertz CT molecular complexity index is 606. The molecule has 3 N–H and O–H groups in total. The lowest BCUT2D eigenvalue weighted by Crippen LogP contribution is -2.47. The maximum absolute atomic E-state index is 13.1. The van der Waals surface area contributed by atoms with Gasteiger partial charge in [0.1, 0.15) is 0 Å². The van der Waals surface area contributed by atoms with Crippen LogP contribution in [-0.4, -0.2) is 31.2 Å². The Kier molecular flexibility index (Phi) is 6.35. The number of ether oxygens (including phenoxy) is 1. The number of amides is 1.